The van der Waals surface area contributed by atoms with Crippen LogP contribution in [-0.4, -0.2) is 61.4 Å². The number of aromatic amines is 1. The summed E-state index contributed by atoms with van der Waals surface area (Å²) in [6.07, 6.45) is 4.31. The molecular weight excluding hydrogens is 396 g/mol. The minimum atomic E-state index is -0.0527. The standard InChI is InChI=1S/C23H34N4O2S/c1-4-17-8-9-21-18(13-17)14-19(22(28)25-21)15-27(16-20-7-5-12-29-20)23(30)24-10-6-11-26(2)3/h8-9,13-14,20H,4-7,10-12,15-16H2,1-3H3,(H,24,30)(H,25,28)/p+1/t20-/m0/s1. The van der Waals surface area contributed by atoms with Crippen molar-refractivity contribution in [2.45, 2.75) is 45.3 Å². The molecule has 0 saturated carbocycles. The van der Waals surface area contributed by atoms with Crippen molar-refractivity contribution >= 4 is 28.2 Å². The minimum absolute atomic E-state index is 0.0527. The lowest BCUT2D eigenvalue weighted by Crippen LogP contribution is -3.05. The number of ether oxygens (including phenoxy) is 1. The maximum atomic E-state index is 12.7. The number of rotatable bonds is 9. The summed E-state index contributed by atoms with van der Waals surface area (Å²) in [6.45, 7) is 6.05. The average molecular weight is 432 g/mol. The summed E-state index contributed by atoms with van der Waals surface area (Å²) in [5, 5.41) is 5.14. The first-order valence-electron chi connectivity index (χ1n) is 11.0. The molecule has 2 aromatic rings. The predicted octanol–water partition coefficient (Wildman–Crippen LogP) is 1.48. The van der Waals surface area contributed by atoms with Crippen molar-refractivity contribution in [3.8, 4) is 0 Å². The van der Waals surface area contributed by atoms with Gasteiger partial charge < -0.3 is 24.8 Å². The van der Waals surface area contributed by atoms with Gasteiger partial charge in [0.2, 0.25) is 0 Å². The van der Waals surface area contributed by atoms with Crippen LogP contribution >= 0.6 is 12.2 Å². The van der Waals surface area contributed by atoms with Crippen LogP contribution in [-0.2, 0) is 17.7 Å². The zero-order chi connectivity index (χ0) is 21.5. The summed E-state index contributed by atoms with van der Waals surface area (Å²) in [5.74, 6) is 0. The largest absolute Gasteiger partial charge is 0.376 e. The molecule has 164 valence electrons. The van der Waals surface area contributed by atoms with Crippen LogP contribution < -0.4 is 15.8 Å². The summed E-state index contributed by atoms with van der Waals surface area (Å²) in [6, 6.07) is 8.21. The average Bonchev–Trinajstić information content (AvgIpc) is 3.23. The summed E-state index contributed by atoms with van der Waals surface area (Å²) >= 11 is 5.71. The molecule has 30 heavy (non-hydrogen) atoms. The Balaban J connectivity index is 1.76. The van der Waals surface area contributed by atoms with Crippen LogP contribution in [0.15, 0.2) is 29.1 Å². The fourth-order valence-electron chi connectivity index (χ4n) is 3.85. The third-order valence-electron chi connectivity index (χ3n) is 5.62. The van der Waals surface area contributed by atoms with Crippen molar-refractivity contribution in [3.63, 3.8) is 0 Å². The highest BCUT2D eigenvalue weighted by Gasteiger charge is 2.22. The van der Waals surface area contributed by atoms with Gasteiger partial charge in [-0.1, -0.05) is 13.0 Å². The van der Waals surface area contributed by atoms with Gasteiger partial charge in [0, 0.05) is 37.2 Å². The molecule has 1 aromatic carbocycles. The number of nitrogens with zero attached hydrogens (tertiary/aromatic N) is 1. The maximum absolute atomic E-state index is 12.7. The van der Waals surface area contributed by atoms with E-state index in [4.69, 9.17) is 17.0 Å². The third kappa shape index (κ3) is 6.27. The van der Waals surface area contributed by atoms with Crippen molar-refractivity contribution in [1.82, 2.24) is 15.2 Å². The fraction of sp³-hybridized carbons (Fsp3) is 0.565. The Morgan fingerprint density at radius 3 is 2.90 bits per heavy atom. The molecule has 1 atom stereocenters. The normalized spacial score (nSPS) is 16.3. The Kier molecular flexibility index (Phi) is 8.24. The molecule has 0 bridgehead atoms. The van der Waals surface area contributed by atoms with Crippen molar-refractivity contribution < 1.29 is 9.64 Å². The Morgan fingerprint density at radius 1 is 1.37 bits per heavy atom. The summed E-state index contributed by atoms with van der Waals surface area (Å²) in [4.78, 5) is 19.3. The number of hydrogen-bond acceptors (Lipinski definition) is 3. The number of thiocarbonyl (C=S) groups is 1. The molecule has 3 rings (SSSR count). The van der Waals surface area contributed by atoms with E-state index in [-0.39, 0.29) is 11.7 Å². The number of benzene rings is 1. The molecule has 1 aliphatic rings. The Hall–Kier alpha value is -1.96. The van der Waals surface area contributed by atoms with Crippen LogP contribution in [0.4, 0.5) is 0 Å². The molecule has 0 amide bonds. The second-order valence-corrected chi connectivity index (χ2v) is 8.84. The van der Waals surface area contributed by atoms with Gasteiger partial charge >= 0.3 is 0 Å². The van der Waals surface area contributed by atoms with Gasteiger partial charge in [-0.2, -0.15) is 0 Å². The first-order valence-corrected chi connectivity index (χ1v) is 11.5. The number of aryl methyl sites for hydroxylation is 1. The molecule has 1 aliphatic heterocycles. The molecule has 7 heteroatoms. The van der Waals surface area contributed by atoms with E-state index in [9.17, 15) is 4.79 Å². The number of hydrogen-bond donors (Lipinski definition) is 3. The zero-order valence-electron chi connectivity index (χ0n) is 18.4. The number of quaternary nitrogens is 1. The highest BCUT2D eigenvalue weighted by molar-refractivity contribution is 7.80. The SMILES string of the molecule is CCc1ccc2[nH]c(=O)c(CN(C[C@@H]3CCCO3)C(=S)NCCC[NH+](C)C)cc2c1. The summed E-state index contributed by atoms with van der Waals surface area (Å²) in [7, 11) is 4.30. The topological polar surface area (TPSA) is 61.8 Å². The lowest BCUT2D eigenvalue weighted by atomic mass is 10.1. The van der Waals surface area contributed by atoms with E-state index in [0.717, 1.165) is 61.8 Å². The van der Waals surface area contributed by atoms with Gasteiger partial charge in [0.05, 0.1) is 33.3 Å². The van der Waals surface area contributed by atoms with Crippen LogP contribution in [0.1, 0.15) is 37.3 Å². The molecule has 0 aliphatic carbocycles. The van der Waals surface area contributed by atoms with E-state index >= 15 is 0 Å². The van der Waals surface area contributed by atoms with Crippen molar-refractivity contribution in [1.29, 1.82) is 0 Å². The molecule has 6 nitrogen and oxygen atoms in total. The molecule has 1 saturated heterocycles. The Bertz CT molecular complexity index is 906. The van der Waals surface area contributed by atoms with Crippen LogP contribution in [0.2, 0.25) is 0 Å². The van der Waals surface area contributed by atoms with Gasteiger partial charge in [-0.15, -0.1) is 0 Å². The monoisotopic (exact) mass is 431 g/mol. The predicted molar refractivity (Wildman–Crippen MR) is 126 cm³/mol. The molecule has 1 fully saturated rings. The van der Waals surface area contributed by atoms with Gasteiger partial charge in [0.1, 0.15) is 0 Å². The van der Waals surface area contributed by atoms with Gasteiger partial charge in [-0.05, 0) is 60.6 Å². The summed E-state index contributed by atoms with van der Waals surface area (Å²) in [5.41, 5.74) is 2.81. The number of aromatic nitrogens is 1. The third-order valence-corrected chi connectivity index (χ3v) is 6.02. The highest BCUT2D eigenvalue weighted by atomic mass is 32.1. The van der Waals surface area contributed by atoms with Crippen molar-refractivity contribution in [3.05, 3.63) is 45.7 Å². The number of H-pyrrole nitrogens is 1. The first kappa shape index (κ1) is 22.7. The molecule has 3 N–H and O–H groups in total. The van der Waals surface area contributed by atoms with Crippen molar-refractivity contribution in [2.75, 3.05) is 40.3 Å². The Labute approximate surface area is 184 Å². The van der Waals surface area contributed by atoms with Gasteiger partial charge in [0.15, 0.2) is 5.11 Å². The van der Waals surface area contributed by atoms with E-state index in [0.29, 0.717) is 18.2 Å². The lowest BCUT2D eigenvalue weighted by Gasteiger charge is -2.28. The fourth-order valence-corrected chi connectivity index (χ4v) is 4.09. The van der Waals surface area contributed by atoms with Crippen LogP contribution in [0.25, 0.3) is 10.9 Å². The van der Waals surface area contributed by atoms with E-state index in [2.05, 4.69) is 48.4 Å². The molecule has 0 spiro atoms. The number of fused-ring (bicyclic) bond motifs is 1. The van der Waals surface area contributed by atoms with Gasteiger partial charge in [-0.3, -0.25) is 4.79 Å². The maximum Gasteiger partial charge on any atom is 0.253 e. The number of nitrogens with one attached hydrogen (secondary N) is 3. The lowest BCUT2D eigenvalue weighted by molar-refractivity contribution is -0.858. The van der Waals surface area contributed by atoms with Gasteiger partial charge in [-0.25, -0.2) is 0 Å². The van der Waals surface area contributed by atoms with E-state index < -0.39 is 0 Å². The molecular formula is C23H35N4O2S+. The second kappa shape index (κ2) is 10.9. The minimum Gasteiger partial charge on any atom is -0.376 e. The van der Waals surface area contributed by atoms with Crippen LogP contribution in [0.5, 0.6) is 0 Å². The Morgan fingerprint density at radius 2 is 2.20 bits per heavy atom. The molecule has 0 radical (unpaired) electrons. The molecule has 1 aromatic heterocycles. The highest BCUT2D eigenvalue weighted by Crippen LogP contribution is 2.17. The molecule has 0 unspecified atom stereocenters. The van der Waals surface area contributed by atoms with E-state index in [1.807, 2.05) is 12.1 Å². The quantitative estimate of drug-likeness (QED) is 0.415. The van der Waals surface area contributed by atoms with Crippen molar-refractivity contribution in [2.24, 2.45) is 0 Å². The molecule has 2 heterocycles. The first-order chi connectivity index (χ1) is 14.5. The van der Waals surface area contributed by atoms with E-state index in [1.165, 1.54) is 10.5 Å². The smallest absolute Gasteiger partial charge is 0.253 e. The van der Waals surface area contributed by atoms with Gasteiger partial charge in [0.25, 0.3) is 5.56 Å². The zero-order valence-corrected chi connectivity index (χ0v) is 19.2. The number of pyridine rings is 1. The van der Waals surface area contributed by atoms with E-state index in [1.54, 1.807) is 0 Å². The van der Waals surface area contributed by atoms with Crippen LogP contribution in [0.3, 0.4) is 0 Å². The van der Waals surface area contributed by atoms with Crippen LogP contribution in [0, 0.1) is 0 Å². The second-order valence-electron chi connectivity index (χ2n) is 8.46. The summed E-state index contributed by atoms with van der Waals surface area (Å²) < 4.78 is 5.84.